The summed E-state index contributed by atoms with van der Waals surface area (Å²) in [7, 11) is 0. The van der Waals surface area contributed by atoms with Crippen LogP contribution in [0.1, 0.15) is 35.6 Å². The summed E-state index contributed by atoms with van der Waals surface area (Å²) in [4.78, 5) is 0. The standard InChI is InChI=1S/C26H22ClF3O4/c27-13-1-2-14-33-20-10-5-17(6-11-20)25-23(16-3-7-18(31)8-4-16)24(26(28,29)30)21-12-9-19(32)15-22(21)34-25/h3-12,15,25,31-32H,1-2,13-14H2. The van der Waals surface area contributed by atoms with Gasteiger partial charge < -0.3 is 19.7 Å². The van der Waals surface area contributed by atoms with E-state index in [9.17, 15) is 23.4 Å². The number of ether oxygens (including phenoxy) is 2. The Hall–Kier alpha value is -3.32. The third-order valence-electron chi connectivity index (χ3n) is 5.45. The van der Waals surface area contributed by atoms with E-state index in [2.05, 4.69) is 0 Å². The molecule has 1 unspecified atom stereocenters. The SMILES string of the molecule is Oc1ccc(C2=C(C(F)(F)F)c3ccc(O)cc3OC2c2ccc(OCCCCCl)cc2)cc1. The molecule has 4 rings (SSSR count). The molecular weight excluding hydrogens is 469 g/mol. The molecule has 3 aromatic carbocycles. The van der Waals surface area contributed by atoms with Gasteiger partial charge in [-0.3, -0.25) is 0 Å². The highest BCUT2D eigenvalue weighted by Crippen LogP contribution is 2.53. The number of benzene rings is 3. The van der Waals surface area contributed by atoms with Gasteiger partial charge in [-0.05, 0) is 60.4 Å². The van der Waals surface area contributed by atoms with E-state index in [0.717, 1.165) is 12.8 Å². The Balaban J connectivity index is 1.81. The highest BCUT2D eigenvalue weighted by atomic mass is 35.5. The molecule has 0 spiro atoms. The summed E-state index contributed by atoms with van der Waals surface area (Å²) in [6.07, 6.45) is -4.20. The van der Waals surface area contributed by atoms with E-state index < -0.39 is 17.9 Å². The average molecular weight is 491 g/mol. The second kappa shape index (κ2) is 9.89. The Morgan fingerprint density at radius 3 is 2.21 bits per heavy atom. The molecule has 1 aliphatic heterocycles. The van der Waals surface area contributed by atoms with Gasteiger partial charge in [-0.1, -0.05) is 24.3 Å². The molecule has 178 valence electrons. The molecule has 4 nitrogen and oxygen atoms in total. The first-order chi connectivity index (χ1) is 16.3. The molecule has 0 saturated heterocycles. The first-order valence-corrected chi connectivity index (χ1v) is 11.2. The zero-order chi connectivity index (χ0) is 24.3. The maximum Gasteiger partial charge on any atom is 0.417 e. The van der Waals surface area contributed by atoms with Gasteiger partial charge in [0.05, 0.1) is 12.2 Å². The predicted octanol–water partition coefficient (Wildman–Crippen LogP) is 7.10. The van der Waals surface area contributed by atoms with Crippen molar-refractivity contribution >= 4 is 22.7 Å². The van der Waals surface area contributed by atoms with Crippen LogP contribution in [0.2, 0.25) is 0 Å². The molecule has 2 N–H and O–H groups in total. The van der Waals surface area contributed by atoms with Crippen LogP contribution in [0, 0.1) is 0 Å². The highest BCUT2D eigenvalue weighted by Gasteiger charge is 2.44. The number of rotatable bonds is 7. The van der Waals surface area contributed by atoms with Crippen LogP contribution in [0.25, 0.3) is 11.1 Å². The van der Waals surface area contributed by atoms with Gasteiger partial charge in [0.15, 0.2) is 6.10 Å². The molecule has 0 amide bonds. The van der Waals surface area contributed by atoms with Crippen LogP contribution < -0.4 is 9.47 Å². The van der Waals surface area contributed by atoms with Crippen LogP contribution in [-0.4, -0.2) is 28.9 Å². The quantitative estimate of drug-likeness (QED) is 0.274. The lowest BCUT2D eigenvalue weighted by Gasteiger charge is -2.33. The van der Waals surface area contributed by atoms with E-state index in [1.807, 2.05) is 0 Å². The van der Waals surface area contributed by atoms with E-state index in [1.54, 1.807) is 24.3 Å². The van der Waals surface area contributed by atoms with Crippen molar-refractivity contribution in [2.45, 2.75) is 25.1 Å². The Kier molecular flexibility index (Phi) is 6.93. The van der Waals surface area contributed by atoms with Crippen molar-refractivity contribution < 1.29 is 32.9 Å². The first kappa shape index (κ1) is 23.8. The molecule has 3 aromatic rings. The third kappa shape index (κ3) is 5.09. The second-order valence-corrected chi connectivity index (χ2v) is 8.20. The van der Waals surface area contributed by atoms with E-state index in [4.69, 9.17) is 21.1 Å². The molecule has 0 fully saturated rings. The molecule has 0 saturated carbocycles. The largest absolute Gasteiger partial charge is 0.508 e. The third-order valence-corrected chi connectivity index (χ3v) is 5.72. The van der Waals surface area contributed by atoms with Crippen LogP contribution in [0.15, 0.2) is 66.7 Å². The summed E-state index contributed by atoms with van der Waals surface area (Å²) < 4.78 is 55.0. The van der Waals surface area contributed by atoms with Crippen LogP contribution in [0.4, 0.5) is 13.2 Å². The molecule has 34 heavy (non-hydrogen) atoms. The molecular formula is C26H22ClF3O4. The lowest BCUT2D eigenvalue weighted by atomic mass is 9.85. The lowest BCUT2D eigenvalue weighted by molar-refractivity contribution is -0.0695. The normalized spacial score (nSPS) is 15.6. The number of allylic oxidation sites excluding steroid dienone is 1. The van der Waals surface area contributed by atoms with Gasteiger partial charge in [-0.2, -0.15) is 13.2 Å². The number of hydrogen-bond acceptors (Lipinski definition) is 4. The fourth-order valence-corrected chi connectivity index (χ4v) is 4.07. The van der Waals surface area contributed by atoms with Crippen molar-refractivity contribution in [3.05, 3.63) is 83.4 Å². The minimum Gasteiger partial charge on any atom is -0.508 e. The molecule has 0 bridgehead atoms. The minimum atomic E-state index is -4.70. The zero-order valence-electron chi connectivity index (χ0n) is 18.0. The molecule has 8 heteroatoms. The van der Waals surface area contributed by atoms with Crippen molar-refractivity contribution in [1.29, 1.82) is 0 Å². The molecule has 0 radical (unpaired) electrons. The number of unbranched alkanes of at least 4 members (excludes halogenated alkanes) is 1. The number of phenolic OH excluding ortho intramolecular Hbond substituents is 2. The van der Waals surface area contributed by atoms with Crippen molar-refractivity contribution in [3.8, 4) is 23.0 Å². The van der Waals surface area contributed by atoms with Crippen molar-refractivity contribution in [3.63, 3.8) is 0 Å². The fraction of sp³-hybridized carbons (Fsp3) is 0.231. The fourth-order valence-electron chi connectivity index (χ4n) is 3.88. The Morgan fingerprint density at radius 1 is 0.882 bits per heavy atom. The topological polar surface area (TPSA) is 58.9 Å². The maximum atomic E-state index is 14.4. The highest BCUT2D eigenvalue weighted by molar-refractivity contribution is 6.17. The summed E-state index contributed by atoms with van der Waals surface area (Å²) in [6, 6.07) is 15.7. The van der Waals surface area contributed by atoms with Crippen LogP contribution in [0.3, 0.4) is 0 Å². The Bertz CT molecular complexity index is 1170. The second-order valence-electron chi connectivity index (χ2n) is 7.83. The Labute approximate surface area is 199 Å². The Morgan fingerprint density at radius 2 is 1.56 bits per heavy atom. The van der Waals surface area contributed by atoms with E-state index in [0.29, 0.717) is 23.8 Å². The molecule has 1 atom stereocenters. The number of hydrogen-bond donors (Lipinski definition) is 2. The van der Waals surface area contributed by atoms with Gasteiger partial charge in [-0.15, -0.1) is 11.6 Å². The minimum absolute atomic E-state index is 0.0628. The number of aromatic hydroxyl groups is 2. The van der Waals surface area contributed by atoms with Crippen molar-refractivity contribution in [2.24, 2.45) is 0 Å². The van der Waals surface area contributed by atoms with Gasteiger partial charge in [0.1, 0.15) is 23.0 Å². The molecule has 0 aliphatic carbocycles. The number of fused-ring (bicyclic) bond motifs is 1. The van der Waals surface area contributed by atoms with Crippen molar-refractivity contribution in [1.82, 2.24) is 0 Å². The number of phenols is 2. The molecule has 0 aromatic heterocycles. The smallest absolute Gasteiger partial charge is 0.417 e. The van der Waals surface area contributed by atoms with Gasteiger partial charge in [0.2, 0.25) is 0 Å². The summed E-state index contributed by atoms with van der Waals surface area (Å²) in [5.74, 6) is 0.798. The summed E-state index contributed by atoms with van der Waals surface area (Å²) in [6.45, 7) is 0.482. The first-order valence-electron chi connectivity index (χ1n) is 10.7. The van der Waals surface area contributed by atoms with Crippen LogP contribution in [-0.2, 0) is 0 Å². The van der Waals surface area contributed by atoms with Crippen LogP contribution in [0.5, 0.6) is 23.0 Å². The van der Waals surface area contributed by atoms with Crippen LogP contribution >= 0.6 is 11.6 Å². The van der Waals surface area contributed by atoms with Gasteiger partial charge >= 0.3 is 6.18 Å². The zero-order valence-corrected chi connectivity index (χ0v) is 18.7. The average Bonchev–Trinajstić information content (AvgIpc) is 2.81. The van der Waals surface area contributed by atoms with Gasteiger partial charge in [0, 0.05) is 23.1 Å². The van der Waals surface area contributed by atoms with Gasteiger partial charge in [0.25, 0.3) is 0 Å². The van der Waals surface area contributed by atoms with Crippen molar-refractivity contribution in [2.75, 3.05) is 12.5 Å². The number of alkyl halides is 4. The van der Waals surface area contributed by atoms with Gasteiger partial charge in [-0.25, -0.2) is 0 Å². The monoisotopic (exact) mass is 490 g/mol. The van der Waals surface area contributed by atoms with E-state index in [-0.39, 0.29) is 33.9 Å². The summed E-state index contributed by atoms with van der Waals surface area (Å²) >= 11 is 5.67. The van der Waals surface area contributed by atoms with E-state index in [1.165, 1.54) is 42.5 Å². The summed E-state index contributed by atoms with van der Waals surface area (Å²) in [5, 5.41) is 19.5. The predicted molar refractivity (Wildman–Crippen MR) is 124 cm³/mol. The molecule has 1 heterocycles. The number of halogens is 4. The summed E-state index contributed by atoms with van der Waals surface area (Å²) in [5.41, 5.74) is -0.363. The van der Waals surface area contributed by atoms with E-state index >= 15 is 0 Å². The molecule has 1 aliphatic rings. The maximum absolute atomic E-state index is 14.4. The lowest BCUT2D eigenvalue weighted by Crippen LogP contribution is -2.23.